The van der Waals surface area contributed by atoms with Gasteiger partial charge in [0, 0.05) is 31.7 Å². The van der Waals surface area contributed by atoms with Crippen LogP contribution in [0.1, 0.15) is 36.1 Å². The number of hydrogen-bond donors (Lipinski definition) is 1. The Morgan fingerprint density at radius 2 is 1.97 bits per heavy atom. The molecule has 5 rings (SSSR count). The van der Waals surface area contributed by atoms with Crippen LogP contribution in [0.4, 0.5) is 4.39 Å². The van der Waals surface area contributed by atoms with Crippen molar-refractivity contribution in [2.75, 3.05) is 32.8 Å². The van der Waals surface area contributed by atoms with Gasteiger partial charge in [-0.15, -0.1) is 0 Å². The maximum atomic E-state index is 13.7. The Hall–Kier alpha value is -2.28. The van der Waals surface area contributed by atoms with Gasteiger partial charge in [-0.3, -0.25) is 9.69 Å². The summed E-state index contributed by atoms with van der Waals surface area (Å²) in [6.07, 6.45) is 1.06. The van der Waals surface area contributed by atoms with Crippen LogP contribution in [-0.2, 0) is 16.0 Å². The number of benzene rings is 2. The zero-order valence-corrected chi connectivity index (χ0v) is 18.0. The number of carbonyl (C=O) groups excluding carboxylic acids is 1. The minimum absolute atomic E-state index is 0.0395. The van der Waals surface area contributed by atoms with Crippen molar-refractivity contribution in [3.8, 4) is 0 Å². The number of halogens is 1. The number of rotatable bonds is 3. The summed E-state index contributed by atoms with van der Waals surface area (Å²) in [7, 11) is 0. The molecule has 31 heavy (non-hydrogen) atoms. The van der Waals surface area contributed by atoms with Crippen LogP contribution in [0.3, 0.4) is 0 Å². The maximum Gasteiger partial charge on any atom is 0.252 e. The van der Waals surface area contributed by atoms with Crippen LogP contribution >= 0.6 is 0 Å². The van der Waals surface area contributed by atoms with Crippen LogP contribution in [0.2, 0.25) is 0 Å². The Balaban J connectivity index is 1.42. The summed E-state index contributed by atoms with van der Waals surface area (Å²) in [6, 6.07) is 15.2. The van der Waals surface area contributed by atoms with Gasteiger partial charge in [0.25, 0.3) is 5.91 Å². The van der Waals surface area contributed by atoms with Gasteiger partial charge in [0.1, 0.15) is 11.9 Å². The van der Waals surface area contributed by atoms with Crippen molar-refractivity contribution >= 4 is 5.91 Å². The minimum Gasteiger partial charge on any atom is -0.367 e. The number of fused-ring (bicyclic) bond motifs is 2. The molecular formula is C25H30FN3O2. The van der Waals surface area contributed by atoms with Crippen molar-refractivity contribution in [2.45, 2.75) is 44.0 Å². The lowest BCUT2D eigenvalue weighted by atomic mass is 9.87. The average molecular weight is 424 g/mol. The fourth-order valence-corrected chi connectivity index (χ4v) is 5.48. The molecule has 3 aliphatic rings. The number of piperazine rings is 1. The molecule has 0 aromatic heterocycles. The second-order valence-corrected chi connectivity index (χ2v) is 8.75. The topological polar surface area (TPSA) is 44.8 Å². The van der Waals surface area contributed by atoms with Gasteiger partial charge in [-0.1, -0.05) is 43.3 Å². The predicted octanol–water partition coefficient (Wildman–Crippen LogP) is 2.75. The first-order chi connectivity index (χ1) is 15.2. The average Bonchev–Trinajstić information content (AvgIpc) is 2.82. The Kier molecular flexibility index (Phi) is 5.78. The summed E-state index contributed by atoms with van der Waals surface area (Å²) >= 11 is 0. The molecule has 0 saturated carbocycles. The lowest BCUT2D eigenvalue weighted by Crippen LogP contribution is -2.64. The Morgan fingerprint density at radius 1 is 1.16 bits per heavy atom. The fraction of sp³-hybridized carbons (Fsp3) is 0.480. The normalized spacial score (nSPS) is 28.6. The Morgan fingerprint density at radius 3 is 2.77 bits per heavy atom. The van der Waals surface area contributed by atoms with E-state index in [2.05, 4.69) is 29.3 Å². The monoisotopic (exact) mass is 423 g/mol. The Labute approximate surface area is 183 Å². The van der Waals surface area contributed by atoms with E-state index in [0.717, 1.165) is 37.2 Å². The summed E-state index contributed by atoms with van der Waals surface area (Å²) in [4.78, 5) is 18.1. The molecule has 1 N–H and O–H groups in total. The number of likely N-dealkylation sites (N-methyl/N-ethyl adjacent to an activating group) is 1. The zero-order valence-electron chi connectivity index (χ0n) is 18.0. The molecule has 2 aromatic carbocycles. The number of nitrogens with zero attached hydrogens (tertiary/aromatic N) is 2. The van der Waals surface area contributed by atoms with E-state index in [4.69, 9.17) is 4.74 Å². The van der Waals surface area contributed by atoms with Gasteiger partial charge in [0.05, 0.1) is 12.6 Å². The van der Waals surface area contributed by atoms with E-state index in [9.17, 15) is 9.18 Å². The number of hydrogen-bond acceptors (Lipinski definition) is 4. The molecule has 4 atom stereocenters. The van der Waals surface area contributed by atoms with E-state index in [0.29, 0.717) is 25.6 Å². The predicted molar refractivity (Wildman–Crippen MR) is 117 cm³/mol. The summed E-state index contributed by atoms with van der Waals surface area (Å²) in [5.41, 5.74) is 3.30. The molecule has 6 heteroatoms. The molecule has 3 heterocycles. The molecule has 2 saturated heterocycles. The minimum atomic E-state index is -0.446. The van der Waals surface area contributed by atoms with Gasteiger partial charge in [0.2, 0.25) is 0 Å². The van der Waals surface area contributed by atoms with Gasteiger partial charge in [-0.25, -0.2) is 4.39 Å². The van der Waals surface area contributed by atoms with Crippen molar-refractivity contribution in [1.29, 1.82) is 0 Å². The molecule has 0 unspecified atom stereocenters. The maximum absolute atomic E-state index is 13.7. The fourth-order valence-electron chi connectivity index (χ4n) is 5.48. The number of ether oxygens (including phenoxy) is 1. The molecule has 164 valence electrons. The van der Waals surface area contributed by atoms with Crippen molar-refractivity contribution in [3.63, 3.8) is 0 Å². The van der Waals surface area contributed by atoms with Crippen molar-refractivity contribution in [1.82, 2.24) is 15.1 Å². The summed E-state index contributed by atoms with van der Waals surface area (Å²) < 4.78 is 19.8. The van der Waals surface area contributed by atoms with E-state index in [-0.39, 0.29) is 23.8 Å². The van der Waals surface area contributed by atoms with Crippen LogP contribution in [0.5, 0.6) is 0 Å². The highest BCUT2D eigenvalue weighted by molar-refractivity contribution is 5.82. The third-order valence-electron chi connectivity index (χ3n) is 7.11. The Bertz CT molecular complexity index is 935. The SMILES string of the molecule is CCN1CCN[C@H]2C[C@H](C(=O)N3CCc4ccccc4[C@@H]3c3ccc(F)cc3)OC[C@H]21. The molecule has 3 aliphatic heterocycles. The van der Waals surface area contributed by atoms with Crippen molar-refractivity contribution in [2.24, 2.45) is 0 Å². The molecule has 0 aliphatic carbocycles. The zero-order chi connectivity index (χ0) is 21.4. The second kappa shape index (κ2) is 8.69. The van der Waals surface area contributed by atoms with E-state index in [1.807, 2.05) is 17.0 Å². The lowest BCUT2D eigenvalue weighted by Gasteiger charge is -2.47. The van der Waals surface area contributed by atoms with Gasteiger partial charge < -0.3 is 15.0 Å². The largest absolute Gasteiger partial charge is 0.367 e. The highest BCUT2D eigenvalue weighted by Gasteiger charge is 2.42. The van der Waals surface area contributed by atoms with Gasteiger partial charge in [-0.2, -0.15) is 0 Å². The first-order valence-corrected chi connectivity index (χ1v) is 11.4. The smallest absolute Gasteiger partial charge is 0.252 e. The number of amides is 1. The van der Waals surface area contributed by atoms with Crippen LogP contribution in [0.25, 0.3) is 0 Å². The molecule has 0 radical (unpaired) electrons. The van der Waals surface area contributed by atoms with E-state index < -0.39 is 6.10 Å². The van der Waals surface area contributed by atoms with Gasteiger partial charge >= 0.3 is 0 Å². The molecule has 0 spiro atoms. The van der Waals surface area contributed by atoms with Crippen molar-refractivity contribution in [3.05, 3.63) is 71.0 Å². The van der Waals surface area contributed by atoms with E-state index >= 15 is 0 Å². The summed E-state index contributed by atoms with van der Waals surface area (Å²) in [5.74, 6) is -0.228. The third kappa shape index (κ3) is 3.88. The summed E-state index contributed by atoms with van der Waals surface area (Å²) in [5, 5.41) is 3.60. The number of carbonyl (C=O) groups is 1. The van der Waals surface area contributed by atoms with Gasteiger partial charge in [0.15, 0.2) is 0 Å². The molecule has 2 aromatic rings. The quantitative estimate of drug-likeness (QED) is 0.825. The molecule has 2 fully saturated rings. The second-order valence-electron chi connectivity index (χ2n) is 8.75. The van der Waals surface area contributed by atoms with Gasteiger partial charge in [-0.05, 0) is 48.2 Å². The molecule has 1 amide bonds. The number of nitrogens with one attached hydrogen (secondary N) is 1. The first kappa shape index (κ1) is 20.6. The molecular weight excluding hydrogens is 393 g/mol. The van der Waals surface area contributed by atoms with Crippen LogP contribution < -0.4 is 5.32 Å². The third-order valence-corrected chi connectivity index (χ3v) is 7.11. The van der Waals surface area contributed by atoms with Crippen LogP contribution in [0, 0.1) is 5.82 Å². The lowest BCUT2D eigenvalue weighted by molar-refractivity contribution is -0.154. The highest BCUT2D eigenvalue weighted by atomic mass is 19.1. The van der Waals surface area contributed by atoms with E-state index in [1.165, 1.54) is 17.7 Å². The first-order valence-electron chi connectivity index (χ1n) is 11.4. The summed E-state index contributed by atoms with van der Waals surface area (Å²) in [6.45, 7) is 6.37. The van der Waals surface area contributed by atoms with Crippen LogP contribution in [0.15, 0.2) is 48.5 Å². The van der Waals surface area contributed by atoms with E-state index in [1.54, 1.807) is 12.1 Å². The highest BCUT2D eigenvalue weighted by Crippen LogP contribution is 2.36. The van der Waals surface area contributed by atoms with Crippen LogP contribution in [-0.4, -0.2) is 66.7 Å². The standard InChI is InChI=1S/C25H30FN3O2/c1-2-28-14-12-27-21-15-23(31-16-22(21)28)25(30)29-13-11-17-5-3-4-6-20(17)24(29)18-7-9-19(26)10-8-18/h3-10,21-24,27H,2,11-16H2,1H3/t21-,22+,23+,24-/m0/s1. The molecule has 5 nitrogen and oxygen atoms in total. The van der Waals surface area contributed by atoms with Crippen molar-refractivity contribution < 1.29 is 13.9 Å². The molecule has 0 bridgehead atoms.